The molecule has 0 saturated carbocycles. The zero-order valence-corrected chi connectivity index (χ0v) is 11.2. The number of ether oxygens (including phenoxy) is 2. The minimum Gasteiger partial charge on any atom is -0.549 e. The third kappa shape index (κ3) is 3.93. The number of carboxylic acids is 1. The molecule has 1 aliphatic rings. The molecule has 19 heavy (non-hydrogen) atoms. The minimum absolute atomic E-state index is 0.164. The van der Waals surface area contributed by atoms with Gasteiger partial charge < -0.3 is 24.3 Å². The van der Waals surface area contributed by atoms with Crippen molar-refractivity contribution in [3.8, 4) is 6.01 Å². The first-order valence-corrected chi connectivity index (χ1v) is 6.63. The molecule has 0 radical (unpaired) electrons. The Kier molecular flexibility index (Phi) is 4.74. The number of carbonyl (C=O) groups excluding carboxylic acids is 1. The van der Waals surface area contributed by atoms with Crippen LogP contribution in [0.5, 0.6) is 6.01 Å². The highest BCUT2D eigenvalue weighted by Gasteiger charge is 2.16. The second-order valence-corrected chi connectivity index (χ2v) is 4.61. The highest BCUT2D eigenvalue weighted by molar-refractivity contribution is 7.99. The second-order valence-electron chi connectivity index (χ2n) is 3.66. The second kappa shape index (κ2) is 6.53. The van der Waals surface area contributed by atoms with Gasteiger partial charge in [-0.05, 0) is 0 Å². The van der Waals surface area contributed by atoms with Gasteiger partial charge in [0, 0.05) is 18.8 Å². The molecular formula is C10H13N4O4S-. The molecule has 0 aliphatic carbocycles. The van der Waals surface area contributed by atoms with Gasteiger partial charge in [-0.1, -0.05) is 11.8 Å². The molecule has 0 spiro atoms. The molecule has 0 N–H and O–H groups in total. The lowest BCUT2D eigenvalue weighted by Gasteiger charge is -2.26. The van der Waals surface area contributed by atoms with Crippen LogP contribution in [0, 0.1) is 0 Å². The first-order valence-electron chi connectivity index (χ1n) is 5.64. The van der Waals surface area contributed by atoms with Crippen molar-refractivity contribution < 1.29 is 19.4 Å². The van der Waals surface area contributed by atoms with Crippen molar-refractivity contribution >= 4 is 23.7 Å². The number of aromatic nitrogens is 3. The van der Waals surface area contributed by atoms with E-state index in [-0.39, 0.29) is 11.8 Å². The van der Waals surface area contributed by atoms with Crippen molar-refractivity contribution in [2.24, 2.45) is 0 Å². The molecule has 2 rings (SSSR count). The van der Waals surface area contributed by atoms with Gasteiger partial charge in [-0.2, -0.15) is 15.0 Å². The van der Waals surface area contributed by atoms with E-state index in [9.17, 15) is 9.90 Å². The fraction of sp³-hybridized carbons (Fsp3) is 0.600. The predicted molar refractivity (Wildman–Crippen MR) is 65.1 cm³/mol. The Balaban J connectivity index is 2.16. The van der Waals surface area contributed by atoms with Crippen LogP contribution in [0.4, 0.5) is 5.95 Å². The fourth-order valence-electron chi connectivity index (χ4n) is 1.51. The van der Waals surface area contributed by atoms with Crippen molar-refractivity contribution in [1.82, 2.24) is 15.0 Å². The van der Waals surface area contributed by atoms with Gasteiger partial charge in [0.1, 0.15) is 0 Å². The van der Waals surface area contributed by atoms with Crippen LogP contribution in [0.25, 0.3) is 0 Å². The number of morpholine rings is 1. The summed E-state index contributed by atoms with van der Waals surface area (Å²) in [6.07, 6.45) is 0. The van der Waals surface area contributed by atoms with E-state index >= 15 is 0 Å². The molecule has 0 bridgehead atoms. The number of anilines is 1. The zero-order chi connectivity index (χ0) is 13.7. The standard InChI is InChI=1S/C10H14N4O4S/c1-17-9-11-8(14-2-4-18-5-3-14)12-10(13-9)19-6-7(15)16/h2-6H2,1H3,(H,15,16)/p-1. The van der Waals surface area contributed by atoms with E-state index in [0.717, 1.165) is 11.8 Å². The Labute approximate surface area is 114 Å². The molecule has 1 aliphatic heterocycles. The van der Waals surface area contributed by atoms with Gasteiger partial charge in [0.2, 0.25) is 5.95 Å². The highest BCUT2D eigenvalue weighted by Crippen LogP contribution is 2.19. The van der Waals surface area contributed by atoms with E-state index in [2.05, 4.69) is 15.0 Å². The highest BCUT2D eigenvalue weighted by atomic mass is 32.2. The van der Waals surface area contributed by atoms with Crippen LogP contribution in [0.1, 0.15) is 0 Å². The molecule has 1 saturated heterocycles. The van der Waals surface area contributed by atoms with Gasteiger partial charge in [0.25, 0.3) is 0 Å². The summed E-state index contributed by atoms with van der Waals surface area (Å²) >= 11 is 0.974. The molecule has 0 amide bonds. The lowest BCUT2D eigenvalue weighted by Crippen LogP contribution is -2.37. The Morgan fingerprint density at radius 3 is 2.79 bits per heavy atom. The summed E-state index contributed by atoms with van der Waals surface area (Å²) in [5.41, 5.74) is 0. The first kappa shape index (κ1) is 13.8. The summed E-state index contributed by atoms with van der Waals surface area (Å²) < 4.78 is 10.2. The van der Waals surface area contributed by atoms with Gasteiger partial charge in [-0.3, -0.25) is 0 Å². The third-order valence-corrected chi connectivity index (χ3v) is 3.20. The molecule has 104 valence electrons. The number of rotatable bonds is 5. The molecule has 1 aromatic rings. The molecule has 2 heterocycles. The predicted octanol–water partition coefficient (Wildman–Crippen LogP) is -1.44. The van der Waals surface area contributed by atoms with Crippen LogP contribution in [-0.2, 0) is 9.53 Å². The molecule has 0 unspecified atom stereocenters. The van der Waals surface area contributed by atoms with E-state index in [4.69, 9.17) is 9.47 Å². The summed E-state index contributed by atoms with van der Waals surface area (Å²) in [6, 6.07) is 0.164. The maximum absolute atomic E-state index is 10.5. The largest absolute Gasteiger partial charge is 0.549 e. The van der Waals surface area contributed by atoms with Crippen molar-refractivity contribution in [3.63, 3.8) is 0 Å². The molecule has 0 atom stereocenters. The number of thioether (sulfide) groups is 1. The van der Waals surface area contributed by atoms with Crippen LogP contribution in [0.15, 0.2) is 5.16 Å². The van der Waals surface area contributed by atoms with Crippen molar-refractivity contribution in [1.29, 1.82) is 0 Å². The van der Waals surface area contributed by atoms with Crippen LogP contribution in [-0.4, -0.2) is 60.1 Å². The van der Waals surface area contributed by atoms with E-state index in [0.29, 0.717) is 37.4 Å². The van der Waals surface area contributed by atoms with Gasteiger partial charge >= 0.3 is 6.01 Å². The minimum atomic E-state index is -1.17. The zero-order valence-electron chi connectivity index (χ0n) is 10.4. The molecular weight excluding hydrogens is 272 g/mol. The first-order chi connectivity index (χ1) is 9.19. The molecule has 9 heteroatoms. The summed E-state index contributed by atoms with van der Waals surface area (Å²) in [5, 5.41) is 10.8. The Morgan fingerprint density at radius 1 is 1.42 bits per heavy atom. The monoisotopic (exact) mass is 285 g/mol. The van der Waals surface area contributed by atoms with Crippen LogP contribution in [0.3, 0.4) is 0 Å². The van der Waals surface area contributed by atoms with Gasteiger partial charge in [-0.25, -0.2) is 0 Å². The van der Waals surface area contributed by atoms with E-state index in [1.807, 2.05) is 4.90 Å². The normalized spacial score (nSPS) is 15.3. The average Bonchev–Trinajstić information content (AvgIpc) is 2.45. The Hall–Kier alpha value is -1.61. The number of carboxylic acid groups (broad SMARTS) is 1. The summed E-state index contributed by atoms with van der Waals surface area (Å²) in [5.74, 6) is -0.913. The lowest BCUT2D eigenvalue weighted by atomic mass is 10.4. The maximum atomic E-state index is 10.5. The van der Waals surface area contributed by atoms with Gasteiger partial charge in [-0.15, -0.1) is 0 Å². The number of hydrogen-bond acceptors (Lipinski definition) is 9. The summed E-state index contributed by atoms with van der Waals surface area (Å²) in [6.45, 7) is 2.57. The van der Waals surface area contributed by atoms with Crippen LogP contribution < -0.4 is 14.7 Å². The Bertz CT molecular complexity index is 453. The Morgan fingerprint density at radius 2 is 2.16 bits per heavy atom. The average molecular weight is 285 g/mol. The third-order valence-electron chi connectivity index (χ3n) is 2.38. The smallest absolute Gasteiger partial charge is 0.321 e. The topological polar surface area (TPSA) is 100 Å². The molecule has 8 nitrogen and oxygen atoms in total. The molecule has 1 fully saturated rings. The number of nitrogens with zero attached hydrogens (tertiary/aromatic N) is 4. The van der Waals surface area contributed by atoms with Crippen LogP contribution in [0.2, 0.25) is 0 Å². The SMILES string of the molecule is COc1nc(SCC(=O)[O-])nc(N2CCOCC2)n1. The number of methoxy groups -OCH3 is 1. The van der Waals surface area contributed by atoms with Crippen molar-refractivity contribution in [2.75, 3.05) is 44.1 Å². The van der Waals surface area contributed by atoms with Crippen LogP contribution >= 0.6 is 11.8 Å². The summed E-state index contributed by atoms with van der Waals surface area (Å²) in [7, 11) is 1.45. The maximum Gasteiger partial charge on any atom is 0.321 e. The summed E-state index contributed by atoms with van der Waals surface area (Å²) in [4.78, 5) is 24.8. The van der Waals surface area contributed by atoms with Crippen molar-refractivity contribution in [3.05, 3.63) is 0 Å². The number of carbonyl (C=O) groups is 1. The van der Waals surface area contributed by atoms with Crippen molar-refractivity contribution in [2.45, 2.75) is 5.16 Å². The molecule has 0 aromatic carbocycles. The van der Waals surface area contributed by atoms with Gasteiger partial charge in [0.05, 0.1) is 26.3 Å². The number of aliphatic carboxylic acids is 1. The van der Waals surface area contributed by atoms with E-state index in [1.165, 1.54) is 7.11 Å². The molecule has 1 aromatic heterocycles. The van der Waals surface area contributed by atoms with E-state index in [1.54, 1.807) is 0 Å². The fourth-order valence-corrected chi connectivity index (χ4v) is 2.05. The van der Waals surface area contributed by atoms with Gasteiger partial charge in [0.15, 0.2) is 5.16 Å². The number of hydrogen-bond donors (Lipinski definition) is 0. The quantitative estimate of drug-likeness (QED) is 0.602. The lowest BCUT2D eigenvalue weighted by molar-refractivity contribution is -0.301. The van der Waals surface area contributed by atoms with E-state index < -0.39 is 5.97 Å².